The minimum atomic E-state index is -0.390. The summed E-state index contributed by atoms with van der Waals surface area (Å²) in [5.74, 6) is 0. The van der Waals surface area contributed by atoms with Gasteiger partial charge < -0.3 is 0 Å². The first-order valence-electron chi connectivity index (χ1n) is 6.12. The van der Waals surface area contributed by atoms with Gasteiger partial charge in [-0.15, -0.1) is 0 Å². The molecule has 1 aromatic heterocycles. The normalized spacial score (nSPS) is 9.68. The van der Waals surface area contributed by atoms with Gasteiger partial charge in [-0.1, -0.05) is 43.8 Å². The Morgan fingerprint density at radius 1 is 1.11 bits per heavy atom. The Morgan fingerprint density at radius 3 is 2.26 bits per heavy atom. The van der Waals surface area contributed by atoms with E-state index in [9.17, 15) is 9.59 Å². The lowest BCUT2D eigenvalue weighted by Gasteiger charge is -2.09. The molecule has 0 spiro atoms. The van der Waals surface area contributed by atoms with Crippen molar-refractivity contribution in [2.75, 3.05) is 0 Å². The Bertz CT molecular complexity index is 610. The fourth-order valence-electron chi connectivity index (χ4n) is 1.46. The van der Waals surface area contributed by atoms with E-state index >= 15 is 0 Å². The molecule has 5 heteroatoms. The molecule has 0 aliphatic carbocycles. The molecule has 0 radical (unpaired) electrons. The van der Waals surface area contributed by atoms with E-state index in [-0.39, 0.29) is 11.2 Å². The average Bonchev–Trinajstić information content (AvgIpc) is 2.45. The van der Waals surface area contributed by atoms with Gasteiger partial charge in [-0.2, -0.15) is 0 Å². The third-order valence-electron chi connectivity index (χ3n) is 2.45. The Hall–Kier alpha value is -1.75. The summed E-state index contributed by atoms with van der Waals surface area (Å²) in [4.78, 5) is 26.3. The zero-order chi connectivity index (χ0) is 14.4. The predicted molar refractivity (Wildman–Crippen MR) is 79.0 cm³/mol. The highest BCUT2D eigenvalue weighted by Gasteiger charge is 2.09. The highest BCUT2D eigenvalue weighted by molar-refractivity contribution is 7.99. The molecule has 1 N–H and O–H groups in total. The van der Waals surface area contributed by atoms with Crippen molar-refractivity contribution in [1.82, 2.24) is 9.55 Å². The van der Waals surface area contributed by atoms with E-state index in [1.807, 2.05) is 44.2 Å². The minimum absolute atomic E-state index is 0.327. The van der Waals surface area contributed by atoms with Gasteiger partial charge in [0.15, 0.2) is 0 Å². The summed E-state index contributed by atoms with van der Waals surface area (Å²) in [5.41, 5.74) is -0.161. The number of hydrogen-bond donors (Lipinski definition) is 1. The van der Waals surface area contributed by atoms with Crippen molar-refractivity contribution in [2.24, 2.45) is 7.05 Å². The summed E-state index contributed by atoms with van der Waals surface area (Å²) in [5, 5.41) is 0.671. The van der Waals surface area contributed by atoms with Gasteiger partial charge in [0, 0.05) is 17.5 Å². The number of aromatic nitrogens is 2. The van der Waals surface area contributed by atoms with Gasteiger partial charge in [0.2, 0.25) is 0 Å². The molecule has 102 valence electrons. The van der Waals surface area contributed by atoms with E-state index in [1.54, 1.807) is 14.0 Å². The van der Waals surface area contributed by atoms with Crippen LogP contribution in [-0.4, -0.2) is 9.55 Å². The first-order valence-corrected chi connectivity index (χ1v) is 6.94. The number of rotatable bonds is 2. The van der Waals surface area contributed by atoms with Gasteiger partial charge in [0.05, 0.1) is 5.03 Å². The molecule has 0 saturated heterocycles. The molecule has 0 amide bonds. The van der Waals surface area contributed by atoms with Crippen LogP contribution in [0.2, 0.25) is 0 Å². The molecule has 0 aliphatic heterocycles. The van der Waals surface area contributed by atoms with Crippen molar-refractivity contribution in [1.29, 1.82) is 0 Å². The third kappa shape index (κ3) is 3.61. The van der Waals surface area contributed by atoms with Gasteiger partial charge in [-0.05, 0) is 19.1 Å². The molecule has 0 fully saturated rings. The minimum Gasteiger partial charge on any atom is -0.291 e. The Balaban J connectivity index is 0.000000861. The second-order valence-electron chi connectivity index (χ2n) is 3.66. The number of nitrogens with one attached hydrogen (secondary N) is 1. The zero-order valence-corrected chi connectivity index (χ0v) is 12.4. The summed E-state index contributed by atoms with van der Waals surface area (Å²) < 4.78 is 1.45. The molecule has 0 unspecified atom stereocenters. The molecule has 0 saturated carbocycles. The zero-order valence-electron chi connectivity index (χ0n) is 11.6. The molecule has 2 rings (SSSR count). The molecular weight excluding hydrogens is 260 g/mol. The lowest BCUT2D eigenvalue weighted by Crippen LogP contribution is -2.31. The summed E-state index contributed by atoms with van der Waals surface area (Å²) in [6.07, 6.45) is 0. The fraction of sp³-hybridized carbons (Fsp3) is 0.286. The molecule has 19 heavy (non-hydrogen) atoms. The second kappa shape index (κ2) is 6.99. The first kappa shape index (κ1) is 15.3. The number of benzene rings is 1. The third-order valence-corrected chi connectivity index (χ3v) is 3.73. The van der Waals surface area contributed by atoms with E-state index in [2.05, 4.69) is 4.98 Å². The van der Waals surface area contributed by atoms with Gasteiger partial charge in [-0.25, -0.2) is 4.79 Å². The Morgan fingerprint density at radius 2 is 1.68 bits per heavy atom. The molecule has 0 bridgehead atoms. The number of hydrogen-bond acceptors (Lipinski definition) is 3. The van der Waals surface area contributed by atoms with Crippen molar-refractivity contribution >= 4 is 11.8 Å². The molecule has 0 aliphatic rings. The van der Waals surface area contributed by atoms with Gasteiger partial charge in [0.25, 0.3) is 5.56 Å². The van der Waals surface area contributed by atoms with E-state index in [0.717, 1.165) is 4.90 Å². The maximum Gasteiger partial charge on any atom is 0.328 e. The van der Waals surface area contributed by atoms with Gasteiger partial charge in [-0.3, -0.25) is 14.3 Å². The monoisotopic (exact) mass is 278 g/mol. The predicted octanol–water partition coefficient (Wildman–Crippen LogP) is 2.56. The van der Waals surface area contributed by atoms with Crippen LogP contribution >= 0.6 is 11.8 Å². The standard InChI is InChI=1S/C12H12N2O2S.C2H6/c1-8-10(15)13-12(16)14(2)11(8)17-9-6-4-3-5-7-9;1-2/h3-7H,1-2H3,(H,13,15,16);1-2H3. The topological polar surface area (TPSA) is 54.9 Å². The summed E-state index contributed by atoms with van der Waals surface area (Å²) in [6, 6.07) is 9.64. The van der Waals surface area contributed by atoms with Crippen LogP contribution in [-0.2, 0) is 7.05 Å². The van der Waals surface area contributed by atoms with E-state index in [1.165, 1.54) is 16.3 Å². The first-order chi connectivity index (χ1) is 9.09. The second-order valence-corrected chi connectivity index (χ2v) is 4.73. The van der Waals surface area contributed by atoms with Crippen molar-refractivity contribution < 1.29 is 0 Å². The van der Waals surface area contributed by atoms with Crippen LogP contribution in [0.5, 0.6) is 0 Å². The van der Waals surface area contributed by atoms with Crippen molar-refractivity contribution in [2.45, 2.75) is 30.7 Å². The van der Waals surface area contributed by atoms with Gasteiger partial charge >= 0.3 is 5.69 Å². The summed E-state index contributed by atoms with van der Waals surface area (Å²) >= 11 is 1.41. The van der Waals surface area contributed by atoms with Crippen LogP contribution < -0.4 is 11.2 Å². The maximum atomic E-state index is 11.5. The van der Waals surface area contributed by atoms with E-state index < -0.39 is 0 Å². The summed E-state index contributed by atoms with van der Waals surface area (Å²) in [6.45, 7) is 5.71. The van der Waals surface area contributed by atoms with Crippen LogP contribution in [0.3, 0.4) is 0 Å². The maximum absolute atomic E-state index is 11.5. The highest BCUT2D eigenvalue weighted by atomic mass is 32.2. The van der Waals surface area contributed by atoms with Gasteiger partial charge in [0.1, 0.15) is 0 Å². The molecule has 0 atom stereocenters. The molecule has 2 aromatic rings. The average molecular weight is 278 g/mol. The fourth-order valence-corrected chi connectivity index (χ4v) is 2.44. The van der Waals surface area contributed by atoms with E-state index in [4.69, 9.17) is 0 Å². The Kier molecular flexibility index (Phi) is 5.63. The van der Waals surface area contributed by atoms with Crippen LogP contribution in [0, 0.1) is 6.92 Å². The van der Waals surface area contributed by atoms with Crippen molar-refractivity contribution in [3.63, 3.8) is 0 Å². The number of nitrogens with zero attached hydrogens (tertiary/aromatic N) is 1. The smallest absolute Gasteiger partial charge is 0.291 e. The van der Waals surface area contributed by atoms with Crippen LogP contribution in [0.4, 0.5) is 0 Å². The Labute approximate surface area is 116 Å². The van der Waals surface area contributed by atoms with Crippen LogP contribution in [0.1, 0.15) is 19.4 Å². The number of aromatic amines is 1. The van der Waals surface area contributed by atoms with Crippen LogP contribution in [0.25, 0.3) is 0 Å². The molecular formula is C14H18N2O2S. The van der Waals surface area contributed by atoms with Crippen LogP contribution in [0.15, 0.2) is 49.8 Å². The van der Waals surface area contributed by atoms with Crippen molar-refractivity contribution in [3.8, 4) is 0 Å². The molecule has 1 aromatic carbocycles. The lowest BCUT2D eigenvalue weighted by atomic mass is 10.4. The van der Waals surface area contributed by atoms with Crippen molar-refractivity contribution in [3.05, 3.63) is 56.7 Å². The summed E-state index contributed by atoms with van der Waals surface area (Å²) in [7, 11) is 1.65. The SMILES string of the molecule is CC.Cc1c(Sc2ccccc2)n(C)c(=O)[nH]c1=O. The quantitative estimate of drug-likeness (QED) is 0.859. The lowest BCUT2D eigenvalue weighted by molar-refractivity contribution is 0.703. The van der Waals surface area contributed by atoms with E-state index in [0.29, 0.717) is 10.6 Å². The number of H-pyrrole nitrogens is 1. The molecule has 4 nitrogen and oxygen atoms in total. The highest BCUT2D eigenvalue weighted by Crippen LogP contribution is 2.26. The largest absolute Gasteiger partial charge is 0.328 e. The molecule has 1 heterocycles.